The van der Waals surface area contributed by atoms with Gasteiger partial charge in [-0.15, -0.1) is 11.8 Å². The van der Waals surface area contributed by atoms with Crippen molar-refractivity contribution in [3.63, 3.8) is 0 Å². The maximum Gasteiger partial charge on any atom is 0.242 e. The van der Waals surface area contributed by atoms with E-state index in [-0.39, 0.29) is 106 Å². The number of benzene rings is 1. The van der Waals surface area contributed by atoms with Crippen LogP contribution in [-0.2, 0) is 49.5 Å². The smallest absolute Gasteiger partial charge is 0.242 e. The summed E-state index contributed by atoms with van der Waals surface area (Å²) in [5, 5.41) is 10.6. The Hall–Kier alpha value is -3.82. The first-order chi connectivity index (χ1) is 24.1. The third kappa shape index (κ3) is 18.8. The number of aryl methyl sites for hydroxylation is 1. The van der Waals surface area contributed by atoms with Gasteiger partial charge in [-0.3, -0.25) is 38.5 Å². The van der Waals surface area contributed by atoms with Crippen LogP contribution in [0.3, 0.4) is 0 Å². The van der Waals surface area contributed by atoms with Crippen LogP contribution in [-0.4, -0.2) is 110 Å². The van der Waals surface area contributed by atoms with Crippen LogP contribution in [0.2, 0.25) is 0 Å². The number of ether oxygens (including phenoxy) is 2. The number of carbonyl (C=O) groups excluding carboxylic acids is 7. The second-order valence-electron chi connectivity index (χ2n) is 11.9. The molecule has 4 N–H and O–H groups in total. The van der Waals surface area contributed by atoms with E-state index in [9.17, 15) is 33.6 Å². The van der Waals surface area contributed by atoms with Crippen LogP contribution in [0, 0.1) is 0 Å². The predicted octanol–water partition coefficient (Wildman–Crippen LogP) is 2.14. The first-order valence-corrected chi connectivity index (χ1v) is 18.4. The van der Waals surface area contributed by atoms with Crippen molar-refractivity contribution in [3.8, 4) is 0 Å². The molecule has 1 saturated heterocycles. The minimum atomic E-state index is -0.522. The van der Waals surface area contributed by atoms with Crippen molar-refractivity contribution in [1.82, 2.24) is 20.9 Å². The zero-order valence-electron chi connectivity index (χ0n) is 29.4. The molecule has 14 nitrogen and oxygen atoms in total. The quantitative estimate of drug-likeness (QED) is 0.0775. The van der Waals surface area contributed by atoms with E-state index in [2.05, 4.69) is 28.2 Å². The Morgan fingerprint density at radius 3 is 2.14 bits per heavy atom. The topological polar surface area (TPSA) is 189 Å². The normalized spacial score (nSPS) is 14.0. The summed E-state index contributed by atoms with van der Waals surface area (Å²) in [5.41, 5.74) is 1.60. The minimum absolute atomic E-state index is 0.00684. The Balaban J connectivity index is 1.46. The molecule has 278 valence electrons. The number of amides is 6. The Bertz CT molecular complexity index is 1260. The number of hydrogen-bond donors (Lipinski definition) is 4. The van der Waals surface area contributed by atoms with Crippen LogP contribution in [0.1, 0.15) is 77.2 Å². The molecule has 15 heteroatoms. The summed E-state index contributed by atoms with van der Waals surface area (Å²) in [6.45, 7) is 5.87. The Morgan fingerprint density at radius 2 is 1.42 bits per heavy atom. The Kier molecular flexibility index (Phi) is 21.3. The summed E-state index contributed by atoms with van der Waals surface area (Å²) in [6.07, 6.45) is 4.80. The number of anilines is 1. The molecule has 6 amide bonds. The molecule has 1 aliphatic rings. The van der Waals surface area contributed by atoms with Crippen LogP contribution in [0.5, 0.6) is 0 Å². The van der Waals surface area contributed by atoms with Gasteiger partial charge in [0.2, 0.25) is 35.4 Å². The molecule has 0 spiro atoms. The molecule has 1 aromatic carbocycles. The molecular formula is C35H53N5O9S. The van der Waals surface area contributed by atoms with Crippen LogP contribution in [0.4, 0.5) is 5.69 Å². The summed E-state index contributed by atoms with van der Waals surface area (Å²) < 4.78 is 10.9. The molecule has 1 aliphatic heterocycles. The van der Waals surface area contributed by atoms with Gasteiger partial charge in [0.15, 0.2) is 0 Å². The van der Waals surface area contributed by atoms with E-state index in [1.807, 2.05) is 12.1 Å². The molecular weight excluding hydrogens is 666 g/mol. The van der Waals surface area contributed by atoms with E-state index < -0.39 is 5.25 Å². The molecule has 50 heavy (non-hydrogen) atoms. The van der Waals surface area contributed by atoms with Gasteiger partial charge in [-0.2, -0.15) is 0 Å². The second-order valence-corrected chi connectivity index (χ2v) is 13.2. The van der Waals surface area contributed by atoms with Gasteiger partial charge in [-0.25, -0.2) is 0 Å². The highest BCUT2D eigenvalue weighted by atomic mass is 32.2. The van der Waals surface area contributed by atoms with E-state index in [1.54, 1.807) is 12.1 Å². The van der Waals surface area contributed by atoms with E-state index in [0.29, 0.717) is 43.8 Å². The van der Waals surface area contributed by atoms with Crippen molar-refractivity contribution in [1.29, 1.82) is 0 Å². The number of nitrogens with zero attached hydrogens (tertiary/aromatic N) is 1. The van der Waals surface area contributed by atoms with Crippen molar-refractivity contribution in [2.24, 2.45) is 0 Å². The number of nitrogens with one attached hydrogen (secondary N) is 4. The number of thioether (sulfide) groups is 1. The number of Topliss-reactive ketones (excluding diaryl/α,β-unsaturated/α-hetero) is 1. The van der Waals surface area contributed by atoms with Crippen LogP contribution in [0.15, 0.2) is 24.3 Å². The highest BCUT2D eigenvalue weighted by Gasteiger charge is 2.38. The lowest BCUT2D eigenvalue weighted by molar-refractivity contribution is -0.138. The van der Waals surface area contributed by atoms with Crippen LogP contribution < -0.4 is 21.3 Å². The fraction of sp³-hybridized carbons (Fsp3) is 0.629. The molecule has 1 heterocycles. The monoisotopic (exact) mass is 719 g/mol. The summed E-state index contributed by atoms with van der Waals surface area (Å²) >= 11 is 1.30. The lowest BCUT2D eigenvalue weighted by Gasteiger charge is -2.15. The number of carbonyl (C=O) groups is 7. The summed E-state index contributed by atoms with van der Waals surface area (Å²) in [4.78, 5) is 85.2. The number of ketones is 1. The molecule has 0 bridgehead atoms. The average molecular weight is 720 g/mol. The number of imide groups is 1. The standard InChI is InChI=1S/C35H53N5O9S/c1-3-4-5-16-36-32(44)15-24-50-29-25-34(46)40(35(29)47)19-13-31(43)38-18-21-49-23-22-48-20-14-33(45)39-28-9-6-27(7-10-28)8-11-30(42)37-17-12-26(2)41/h6-7,9-10,29H,3-5,8,11-25H2,1-2H3,(H,36,44)(H,37,42)(H,38,43)(H,39,45). The average Bonchev–Trinajstić information content (AvgIpc) is 3.35. The van der Waals surface area contributed by atoms with E-state index >= 15 is 0 Å². The van der Waals surface area contributed by atoms with Gasteiger partial charge in [0.25, 0.3) is 0 Å². The maximum atomic E-state index is 12.6. The molecule has 0 aliphatic carbocycles. The molecule has 2 rings (SSSR count). The van der Waals surface area contributed by atoms with Gasteiger partial charge in [0.05, 0.1) is 38.1 Å². The molecule has 0 radical (unpaired) electrons. The van der Waals surface area contributed by atoms with Crippen molar-refractivity contribution in [2.45, 2.75) is 83.3 Å². The zero-order valence-corrected chi connectivity index (χ0v) is 30.2. The number of hydrogen-bond acceptors (Lipinski definition) is 10. The van der Waals surface area contributed by atoms with Gasteiger partial charge < -0.3 is 30.7 Å². The minimum Gasteiger partial charge on any atom is -0.379 e. The molecule has 1 unspecified atom stereocenters. The lowest BCUT2D eigenvalue weighted by Crippen LogP contribution is -2.36. The molecule has 0 aromatic heterocycles. The molecule has 1 fully saturated rings. The lowest BCUT2D eigenvalue weighted by atomic mass is 10.1. The van der Waals surface area contributed by atoms with Gasteiger partial charge >= 0.3 is 0 Å². The Morgan fingerprint density at radius 1 is 0.760 bits per heavy atom. The summed E-state index contributed by atoms with van der Waals surface area (Å²) in [6, 6.07) is 7.25. The van der Waals surface area contributed by atoms with Gasteiger partial charge in [-0.1, -0.05) is 31.9 Å². The van der Waals surface area contributed by atoms with Gasteiger partial charge in [0, 0.05) is 69.7 Å². The van der Waals surface area contributed by atoms with E-state index in [1.165, 1.54) is 18.7 Å². The molecule has 1 aromatic rings. The number of unbranched alkanes of at least 4 members (excludes halogenated alkanes) is 2. The van der Waals surface area contributed by atoms with E-state index in [0.717, 1.165) is 29.7 Å². The summed E-state index contributed by atoms with van der Waals surface area (Å²) in [7, 11) is 0. The third-order valence-electron chi connectivity index (χ3n) is 7.61. The largest absolute Gasteiger partial charge is 0.379 e. The molecule has 0 saturated carbocycles. The maximum absolute atomic E-state index is 12.6. The molecule has 1 atom stereocenters. The highest BCUT2D eigenvalue weighted by molar-refractivity contribution is 8.00. The third-order valence-corrected chi connectivity index (χ3v) is 8.82. The van der Waals surface area contributed by atoms with Gasteiger partial charge in [0.1, 0.15) is 5.78 Å². The number of likely N-dealkylation sites (tertiary alicyclic amines) is 1. The van der Waals surface area contributed by atoms with Crippen molar-refractivity contribution in [2.75, 3.05) is 63.7 Å². The fourth-order valence-corrected chi connectivity index (χ4v) is 5.87. The Labute approximate surface area is 298 Å². The van der Waals surface area contributed by atoms with Crippen molar-refractivity contribution >= 4 is 58.7 Å². The zero-order chi connectivity index (χ0) is 36.6. The predicted molar refractivity (Wildman–Crippen MR) is 190 cm³/mol. The van der Waals surface area contributed by atoms with Gasteiger partial charge in [-0.05, 0) is 37.5 Å². The van der Waals surface area contributed by atoms with Crippen molar-refractivity contribution in [3.05, 3.63) is 29.8 Å². The SMILES string of the molecule is CCCCCNC(=O)CCSC1CC(=O)N(CCC(=O)NCCOCCOCCC(=O)Nc2ccc(CCC(=O)NCCC(C)=O)cc2)C1=O. The highest BCUT2D eigenvalue weighted by Crippen LogP contribution is 2.25. The van der Waals surface area contributed by atoms with E-state index in [4.69, 9.17) is 9.47 Å². The second kappa shape index (κ2) is 25.2. The fourth-order valence-electron chi connectivity index (χ4n) is 4.76. The first-order valence-electron chi connectivity index (χ1n) is 17.4. The summed E-state index contributed by atoms with van der Waals surface area (Å²) in [5.74, 6) is -0.807. The first kappa shape index (κ1) is 42.3. The van der Waals surface area contributed by atoms with Crippen molar-refractivity contribution < 1.29 is 43.0 Å². The van der Waals surface area contributed by atoms with Crippen LogP contribution in [0.25, 0.3) is 0 Å². The number of rotatable bonds is 27. The van der Waals surface area contributed by atoms with Crippen LogP contribution >= 0.6 is 11.8 Å².